The molecule has 1 amide bonds. The SMILES string of the molecule is Cc1cnccc1-n1nc(C(C)C)nc1C(=O)N1CCOCC1. The highest BCUT2D eigenvalue weighted by Crippen LogP contribution is 2.18. The van der Waals surface area contributed by atoms with Gasteiger partial charge in [0.2, 0.25) is 5.82 Å². The van der Waals surface area contributed by atoms with Crippen LogP contribution in [0.2, 0.25) is 0 Å². The molecule has 0 saturated carbocycles. The normalized spacial score (nSPS) is 15.2. The van der Waals surface area contributed by atoms with Crippen molar-refractivity contribution >= 4 is 5.91 Å². The number of carbonyl (C=O) groups excluding carboxylic acids is 1. The second-order valence-electron chi connectivity index (χ2n) is 5.93. The number of aromatic nitrogens is 4. The maximum absolute atomic E-state index is 12.9. The standard InChI is InChI=1S/C16H21N5O2/c1-11(2)14-18-15(16(22)20-6-8-23-9-7-20)21(19-14)13-4-5-17-10-12(13)3/h4-5,10-11H,6-9H2,1-3H3. The van der Waals surface area contributed by atoms with E-state index < -0.39 is 0 Å². The fourth-order valence-corrected chi connectivity index (χ4v) is 2.49. The maximum Gasteiger partial charge on any atom is 0.291 e. The summed E-state index contributed by atoms with van der Waals surface area (Å²) < 4.78 is 6.96. The molecule has 0 unspecified atom stereocenters. The first-order chi connectivity index (χ1) is 11.1. The molecule has 0 aliphatic carbocycles. The molecule has 0 aromatic carbocycles. The van der Waals surface area contributed by atoms with Gasteiger partial charge in [0.25, 0.3) is 5.91 Å². The number of rotatable bonds is 3. The van der Waals surface area contributed by atoms with Gasteiger partial charge in [0.15, 0.2) is 5.82 Å². The first-order valence-corrected chi connectivity index (χ1v) is 7.83. The highest BCUT2D eigenvalue weighted by molar-refractivity contribution is 5.91. The van der Waals surface area contributed by atoms with Crippen LogP contribution in [0.15, 0.2) is 18.5 Å². The van der Waals surface area contributed by atoms with Gasteiger partial charge in [-0.2, -0.15) is 5.10 Å². The number of ether oxygens (including phenoxy) is 1. The second kappa shape index (κ2) is 6.45. The van der Waals surface area contributed by atoms with Crippen LogP contribution < -0.4 is 0 Å². The number of aryl methyl sites for hydroxylation is 1. The van der Waals surface area contributed by atoms with Crippen LogP contribution in [0.25, 0.3) is 5.69 Å². The van der Waals surface area contributed by atoms with Crippen LogP contribution in [0.5, 0.6) is 0 Å². The average molecular weight is 315 g/mol. The maximum atomic E-state index is 12.9. The molecule has 2 aromatic rings. The molecule has 1 aliphatic heterocycles. The van der Waals surface area contributed by atoms with Crippen LogP contribution in [0, 0.1) is 6.92 Å². The predicted molar refractivity (Wildman–Crippen MR) is 84.7 cm³/mol. The van der Waals surface area contributed by atoms with Gasteiger partial charge in [-0.25, -0.2) is 9.67 Å². The molecule has 0 atom stereocenters. The van der Waals surface area contributed by atoms with E-state index in [0.717, 1.165) is 11.3 Å². The van der Waals surface area contributed by atoms with Gasteiger partial charge in [0.1, 0.15) is 0 Å². The smallest absolute Gasteiger partial charge is 0.291 e. The van der Waals surface area contributed by atoms with Gasteiger partial charge < -0.3 is 9.64 Å². The van der Waals surface area contributed by atoms with E-state index in [0.29, 0.717) is 38.0 Å². The molecule has 23 heavy (non-hydrogen) atoms. The van der Waals surface area contributed by atoms with E-state index in [1.165, 1.54) is 0 Å². The lowest BCUT2D eigenvalue weighted by Gasteiger charge is -2.26. The Kier molecular flexibility index (Phi) is 4.38. The molecule has 1 saturated heterocycles. The Morgan fingerprint density at radius 1 is 1.30 bits per heavy atom. The Balaban J connectivity index is 2.04. The Bertz CT molecular complexity index is 704. The molecule has 0 bridgehead atoms. The van der Waals surface area contributed by atoms with Crippen LogP contribution in [-0.4, -0.2) is 56.9 Å². The van der Waals surface area contributed by atoms with Crippen LogP contribution in [-0.2, 0) is 4.74 Å². The number of carbonyl (C=O) groups is 1. The van der Waals surface area contributed by atoms with E-state index in [1.807, 2.05) is 26.8 Å². The number of morpholine rings is 1. The summed E-state index contributed by atoms with van der Waals surface area (Å²) in [5.74, 6) is 1.06. The van der Waals surface area contributed by atoms with Gasteiger partial charge in [-0.15, -0.1) is 0 Å². The summed E-state index contributed by atoms with van der Waals surface area (Å²) in [4.78, 5) is 23.2. The Morgan fingerprint density at radius 2 is 2.04 bits per heavy atom. The summed E-state index contributed by atoms with van der Waals surface area (Å²) in [5.41, 5.74) is 1.78. The summed E-state index contributed by atoms with van der Waals surface area (Å²) in [5, 5.41) is 4.56. The minimum Gasteiger partial charge on any atom is -0.378 e. The number of hydrogen-bond donors (Lipinski definition) is 0. The van der Waals surface area contributed by atoms with Crippen molar-refractivity contribution in [1.82, 2.24) is 24.6 Å². The molecule has 3 rings (SSSR count). The molecule has 0 radical (unpaired) electrons. The second-order valence-corrected chi connectivity index (χ2v) is 5.93. The quantitative estimate of drug-likeness (QED) is 0.859. The molecule has 7 nitrogen and oxygen atoms in total. The van der Waals surface area contributed by atoms with E-state index in [1.54, 1.807) is 22.0 Å². The van der Waals surface area contributed by atoms with E-state index in [-0.39, 0.29) is 11.8 Å². The molecule has 0 spiro atoms. The van der Waals surface area contributed by atoms with E-state index in [4.69, 9.17) is 4.74 Å². The molecular formula is C16H21N5O2. The lowest BCUT2D eigenvalue weighted by atomic mass is 10.2. The first kappa shape index (κ1) is 15.6. The third kappa shape index (κ3) is 3.10. The van der Waals surface area contributed by atoms with Crippen LogP contribution in [0.1, 0.15) is 41.8 Å². The van der Waals surface area contributed by atoms with Crippen LogP contribution in [0.3, 0.4) is 0 Å². The highest BCUT2D eigenvalue weighted by atomic mass is 16.5. The fourth-order valence-electron chi connectivity index (χ4n) is 2.49. The topological polar surface area (TPSA) is 73.1 Å². The minimum absolute atomic E-state index is 0.107. The van der Waals surface area contributed by atoms with Gasteiger partial charge in [-0.3, -0.25) is 9.78 Å². The van der Waals surface area contributed by atoms with E-state index in [9.17, 15) is 4.79 Å². The molecule has 2 aromatic heterocycles. The Hall–Kier alpha value is -2.28. The third-order valence-corrected chi connectivity index (χ3v) is 3.85. The van der Waals surface area contributed by atoms with Crippen molar-refractivity contribution in [2.45, 2.75) is 26.7 Å². The zero-order valence-electron chi connectivity index (χ0n) is 13.7. The van der Waals surface area contributed by atoms with Crippen molar-refractivity contribution in [2.24, 2.45) is 0 Å². The molecule has 122 valence electrons. The minimum atomic E-state index is -0.107. The highest BCUT2D eigenvalue weighted by Gasteiger charge is 2.26. The lowest BCUT2D eigenvalue weighted by molar-refractivity contribution is 0.0293. The van der Waals surface area contributed by atoms with Crippen molar-refractivity contribution < 1.29 is 9.53 Å². The Morgan fingerprint density at radius 3 is 2.70 bits per heavy atom. The van der Waals surface area contributed by atoms with E-state index >= 15 is 0 Å². The van der Waals surface area contributed by atoms with Gasteiger partial charge >= 0.3 is 0 Å². The zero-order valence-corrected chi connectivity index (χ0v) is 13.7. The van der Waals surface area contributed by atoms with Gasteiger partial charge in [0.05, 0.1) is 18.9 Å². The molecule has 0 N–H and O–H groups in total. The summed E-state index contributed by atoms with van der Waals surface area (Å²) >= 11 is 0. The average Bonchev–Trinajstić information content (AvgIpc) is 3.01. The monoisotopic (exact) mass is 315 g/mol. The number of pyridine rings is 1. The van der Waals surface area contributed by atoms with Crippen molar-refractivity contribution in [2.75, 3.05) is 26.3 Å². The summed E-state index contributed by atoms with van der Waals surface area (Å²) in [6, 6.07) is 1.85. The summed E-state index contributed by atoms with van der Waals surface area (Å²) in [6.07, 6.45) is 3.46. The van der Waals surface area contributed by atoms with Crippen LogP contribution in [0.4, 0.5) is 0 Å². The summed E-state index contributed by atoms with van der Waals surface area (Å²) in [7, 11) is 0. The predicted octanol–water partition coefficient (Wildman–Crippen LogP) is 1.57. The van der Waals surface area contributed by atoms with Gasteiger partial charge in [-0.1, -0.05) is 13.8 Å². The number of nitrogens with zero attached hydrogens (tertiary/aromatic N) is 5. The van der Waals surface area contributed by atoms with Crippen molar-refractivity contribution in [1.29, 1.82) is 0 Å². The molecule has 1 aliphatic rings. The van der Waals surface area contributed by atoms with Crippen molar-refractivity contribution in [3.63, 3.8) is 0 Å². The lowest BCUT2D eigenvalue weighted by Crippen LogP contribution is -2.41. The molecular weight excluding hydrogens is 294 g/mol. The fraction of sp³-hybridized carbons (Fsp3) is 0.500. The molecule has 1 fully saturated rings. The van der Waals surface area contributed by atoms with Gasteiger partial charge in [-0.05, 0) is 18.6 Å². The van der Waals surface area contributed by atoms with Gasteiger partial charge in [0, 0.05) is 31.4 Å². The van der Waals surface area contributed by atoms with E-state index in [2.05, 4.69) is 15.1 Å². The number of amides is 1. The third-order valence-electron chi connectivity index (χ3n) is 3.85. The van der Waals surface area contributed by atoms with Crippen molar-refractivity contribution in [3.05, 3.63) is 35.7 Å². The number of hydrogen-bond acceptors (Lipinski definition) is 5. The first-order valence-electron chi connectivity index (χ1n) is 7.83. The molecule has 3 heterocycles. The Labute approximate surface area is 135 Å². The molecule has 7 heteroatoms. The summed E-state index contributed by atoms with van der Waals surface area (Å²) in [6.45, 7) is 8.26. The van der Waals surface area contributed by atoms with Crippen molar-refractivity contribution in [3.8, 4) is 5.69 Å². The van der Waals surface area contributed by atoms with Crippen LogP contribution >= 0.6 is 0 Å². The zero-order chi connectivity index (χ0) is 16.4. The largest absolute Gasteiger partial charge is 0.378 e.